The first-order valence-corrected chi connectivity index (χ1v) is 9.70. The number of halogens is 1. The number of rotatable bonds is 6. The van der Waals surface area contributed by atoms with E-state index in [2.05, 4.69) is 30.8 Å². The van der Waals surface area contributed by atoms with Crippen LogP contribution in [0.3, 0.4) is 0 Å². The molecule has 2 aromatic rings. The summed E-state index contributed by atoms with van der Waals surface area (Å²) in [5.41, 5.74) is 0.730. The van der Waals surface area contributed by atoms with Crippen LogP contribution in [0.4, 0.5) is 16.0 Å². The molecule has 4 rings (SSSR count). The van der Waals surface area contributed by atoms with Crippen molar-refractivity contribution in [3.63, 3.8) is 0 Å². The second kappa shape index (κ2) is 7.76. The molecule has 0 radical (unpaired) electrons. The molecule has 6 nitrogen and oxygen atoms in total. The van der Waals surface area contributed by atoms with Crippen molar-refractivity contribution in [1.29, 1.82) is 0 Å². The van der Waals surface area contributed by atoms with Gasteiger partial charge < -0.3 is 9.80 Å². The smallest absolute Gasteiger partial charge is 0.145 e. The molecule has 0 N–H and O–H groups in total. The molecule has 0 amide bonds. The van der Waals surface area contributed by atoms with E-state index in [9.17, 15) is 4.39 Å². The summed E-state index contributed by atoms with van der Waals surface area (Å²) in [7, 11) is 4.01. The zero-order valence-electron chi connectivity index (χ0n) is 16.1. The van der Waals surface area contributed by atoms with Gasteiger partial charge in [-0.3, -0.25) is 9.88 Å². The third-order valence-corrected chi connectivity index (χ3v) is 5.50. The van der Waals surface area contributed by atoms with Gasteiger partial charge in [-0.05, 0) is 31.7 Å². The molecule has 1 aliphatic heterocycles. The van der Waals surface area contributed by atoms with Gasteiger partial charge in [0, 0.05) is 63.6 Å². The number of pyridine rings is 1. The van der Waals surface area contributed by atoms with E-state index in [4.69, 9.17) is 0 Å². The van der Waals surface area contributed by atoms with Gasteiger partial charge in [0.25, 0.3) is 0 Å². The standard InChI is InChI=1S/C20H27FN6/c1-25(2)19-11-20(24-14-23-19)27(16-3-4-16)17-6-9-26(10-7-17)13-15-5-8-22-12-18(15)21/h5,8,11-12,14,16-17H,3-4,6-7,9-10,13H2,1-2H3. The highest BCUT2D eigenvalue weighted by molar-refractivity contribution is 5.51. The minimum Gasteiger partial charge on any atom is -0.363 e. The maximum absolute atomic E-state index is 13.9. The van der Waals surface area contributed by atoms with E-state index < -0.39 is 0 Å². The van der Waals surface area contributed by atoms with Gasteiger partial charge >= 0.3 is 0 Å². The molecule has 1 saturated carbocycles. The molecule has 0 bridgehead atoms. The Morgan fingerprint density at radius 3 is 2.44 bits per heavy atom. The summed E-state index contributed by atoms with van der Waals surface area (Å²) in [5, 5.41) is 0. The van der Waals surface area contributed by atoms with E-state index in [1.165, 1.54) is 19.0 Å². The molecule has 2 aromatic heterocycles. The zero-order chi connectivity index (χ0) is 18.8. The molecule has 2 aliphatic rings. The average Bonchev–Trinajstić information content (AvgIpc) is 3.50. The first-order chi connectivity index (χ1) is 13.1. The fraction of sp³-hybridized carbons (Fsp3) is 0.550. The van der Waals surface area contributed by atoms with Gasteiger partial charge in [0.2, 0.25) is 0 Å². The molecule has 1 saturated heterocycles. The fourth-order valence-electron chi connectivity index (χ4n) is 3.88. The Balaban J connectivity index is 1.42. The number of hydrogen-bond acceptors (Lipinski definition) is 6. The lowest BCUT2D eigenvalue weighted by Crippen LogP contribution is -2.46. The van der Waals surface area contributed by atoms with Gasteiger partial charge in [0.15, 0.2) is 0 Å². The quantitative estimate of drug-likeness (QED) is 0.779. The summed E-state index contributed by atoms with van der Waals surface area (Å²) in [6, 6.07) is 4.96. The monoisotopic (exact) mass is 370 g/mol. The molecule has 0 unspecified atom stereocenters. The highest BCUT2D eigenvalue weighted by atomic mass is 19.1. The highest BCUT2D eigenvalue weighted by Crippen LogP contribution is 2.36. The molecule has 144 valence electrons. The Labute approximate surface area is 160 Å². The number of piperidine rings is 1. The van der Waals surface area contributed by atoms with Gasteiger partial charge in [-0.25, -0.2) is 14.4 Å². The lowest BCUT2D eigenvalue weighted by Gasteiger charge is -2.39. The van der Waals surface area contributed by atoms with Crippen molar-refractivity contribution in [2.24, 2.45) is 0 Å². The van der Waals surface area contributed by atoms with E-state index in [1.807, 2.05) is 19.0 Å². The molecule has 3 heterocycles. The van der Waals surface area contributed by atoms with Crippen molar-refractivity contribution in [3.05, 3.63) is 42.2 Å². The van der Waals surface area contributed by atoms with Gasteiger partial charge in [-0.1, -0.05) is 0 Å². The van der Waals surface area contributed by atoms with Gasteiger partial charge in [0.05, 0.1) is 6.20 Å². The number of nitrogens with zero attached hydrogens (tertiary/aromatic N) is 6. The van der Waals surface area contributed by atoms with E-state index in [0.29, 0.717) is 18.6 Å². The van der Waals surface area contributed by atoms with Crippen LogP contribution in [0, 0.1) is 5.82 Å². The lowest BCUT2D eigenvalue weighted by molar-refractivity contribution is 0.198. The van der Waals surface area contributed by atoms with Gasteiger partial charge in [0.1, 0.15) is 23.8 Å². The Hall–Kier alpha value is -2.28. The van der Waals surface area contributed by atoms with Crippen LogP contribution in [0.25, 0.3) is 0 Å². The molecular formula is C20H27FN6. The zero-order valence-corrected chi connectivity index (χ0v) is 16.1. The SMILES string of the molecule is CN(C)c1cc(N(C2CC2)C2CCN(Cc3ccncc3F)CC2)ncn1. The van der Waals surface area contributed by atoms with Crippen molar-refractivity contribution in [2.75, 3.05) is 37.0 Å². The summed E-state index contributed by atoms with van der Waals surface area (Å²) in [4.78, 5) is 19.6. The Kier molecular flexibility index (Phi) is 5.20. The maximum atomic E-state index is 13.9. The largest absolute Gasteiger partial charge is 0.363 e. The molecular weight excluding hydrogens is 343 g/mol. The first-order valence-electron chi connectivity index (χ1n) is 9.70. The minimum absolute atomic E-state index is 0.212. The highest BCUT2D eigenvalue weighted by Gasteiger charge is 2.36. The molecule has 27 heavy (non-hydrogen) atoms. The van der Waals surface area contributed by atoms with Crippen molar-refractivity contribution < 1.29 is 4.39 Å². The van der Waals surface area contributed by atoms with Crippen molar-refractivity contribution >= 4 is 11.6 Å². The predicted octanol–water partition coefficient (Wildman–Crippen LogP) is 2.71. The Morgan fingerprint density at radius 2 is 1.78 bits per heavy atom. The Morgan fingerprint density at radius 1 is 1.07 bits per heavy atom. The third kappa shape index (κ3) is 4.18. The number of hydrogen-bond donors (Lipinski definition) is 0. The topological polar surface area (TPSA) is 48.4 Å². The summed E-state index contributed by atoms with van der Waals surface area (Å²) in [6.45, 7) is 2.60. The summed E-state index contributed by atoms with van der Waals surface area (Å²) >= 11 is 0. The maximum Gasteiger partial charge on any atom is 0.145 e. The van der Waals surface area contributed by atoms with E-state index >= 15 is 0 Å². The van der Waals surface area contributed by atoms with Gasteiger partial charge in [-0.15, -0.1) is 0 Å². The number of aromatic nitrogens is 3. The van der Waals surface area contributed by atoms with Crippen LogP contribution in [-0.2, 0) is 6.54 Å². The molecule has 7 heteroatoms. The predicted molar refractivity (Wildman–Crippen MR) is 104 cm³/mol. The van der Waals surface area contributed by atoms with Crippen LogP contribution < -0.4 is 9.80 Å². The van der Waals surface area contributed by atoms with E-state index in [-0.39, 0.29) is 5.82 Å². The van der Waals surface area contributed by atoms with Crippen LogP contribution in [0.5, 0.6) is 0 Å². The van der Waals surface area contributed by atoms with Crippen LogP contribution in [0.2, 0.25) is 0 Å². The molecule has 1 aliphatic carbocycles. The second-order valence-corrected chi connectivity index (χ2v) is 7.74. The molecule has 0 aromatic carbocycles. The second-order valence-electron chi connectivity index (χ2n) is 7.74. The summed E-state index contributed by atoms with van der Waals surface area (Å²) in [6.07, 6.45) is 9.26. The van der Waals surface area contributed by atoms with Crippen LogP contribution in [0.15, 0.2) is 30.9 Å². The summed E-state index contributed by atoms with van der Waals surface area (Å²) < 4.78 is 13.9. The summed E-state index contributed by atoms with van der Waals surface area (Å²) in [5.74, 6) is 1.77. The van der Waals surface area contributed by atoms with Crippen molar-refractivity contribution in [1.82, 2.24) is 19.9 Å². The van der Waals surface area contributed by atoms with Crippen molar-refractivity contribution in [2.45, 2.75) is 44.3 Å². The molecule has 0 atom stereocenters. The van der Waals surface area contributed by atoms with E-state index in [1.54, 1.807) is 18.6 Å². The van der Waals surface area contributed by atoms with Crippen LogP contribution in [0.1, 0.15) is 31.2 Å². The Bertz CT molecular complexity index is 771. The minimum atomic E-state index is -0.212. The average molecular weight is 370 g/mol. The lowest BCUT2D eigenvalue weighted by atomic mass is 10.0. The van der Waals surface area contributed by atoms with E-state index in [0.717, 1.165) is 43.1 Å². The van der Waals surface area contributed by atoms with Gasteiger partial charge in [-0.2, -0.15) is 0 Å². The fourth-order valence-corrected chi connectivity index (χ4v) is 3.88. The molecule has 2 fully saturated rings. The van der Waals surface area contributed by atoms with Crippen LogP contribution in [-0.4, -0.2) is 59.1 Å². The van der Waals surface area contributed by atoms with Crippen LogP contribution >= 0.6 is 0 Å². The number of likely N-dealkylation sites (tertiary alicyclic amines) is 1. The molecule has 0 spiro atoms. The number of anilines is 2. The third-order valence-electron chi connectivity index (χ3n) is 5.50. The normalized spacial score (nSPS) is 18.5. The van der Waals surface area contributed by atoms with Crippen molar-refractivity contribution in [3.8, 4) is 0 Å². The first kappa shape index (κ1) is 18.1.